The Bertz CT molecular complexity index is 630. The van der Waals surface area contributed by atoms with Gasteiger partial charge in [-0.3, -0.25) is 25.0 Å². The molecule has 0 spiro atoms. The van der Waals surface area contributed by atoms with Crippen molar-refractivity contribution in [2.75, 3.05) is 0 Å². The Morgan fingerprint density at radius 3 is 2.50 bits per heavy atom. The van der Waals surface area contributed by atoms with Gasteiger partial charge in [0.2, 0.25) is 0 Å². The number of non-ortho nitro benzene ring substituents is 1. The zero-order valence-electron chi connectivity index (χ0n) is 13.4. The van der Waals surface area contributed by atoms with Crippen LogP contribution < -0.4 is 5.43 Å². The molecular weight excluding hydrogens is 316 g/mol. The van der Waals surface area contributed by atoms with Crippen LogP contribution in [0.2, 0.25) is 0 Å². The maximum absolute atomic E-state index is 11.9. The average molecular weight is 336 g/mol. The van der Waals surface area contributed by atoms with Crippen molar-refractivity contribution >= 4 is 23.5 Å². The molecule has 0 heterocycles. The van der Waals surface area contributed by atoms with Gasteiger partial charge in [-0.05, 0) is 18.9 Å². The number of unbranched alkanes of at least 4 members (excludes halogenated alkanes) is 5. The molecular formula is C15H20N4O5. The Labute approximate surface area is 139 Å². The molecule has 0 aromatic heterocycles. The lowest BCUT2D eigenvalue weighted by molar-refractivity contribution is -0.394. The van der Waals surface area contributed by atoms with Crippen molar-refractivity contribution in [2.45, 2.75) is 45.4 Å². The minimum absolute atomic E-state index is 0.273. The molecule has 130 valence electrons. The molecule has 1 aromatic carbocycles. The van der Waals surface area contributed by atoms with Crippen LogP contribution in [-0.4, -0.2) is 22.0 Å². The fourth-order valence-electron chi connectivity index (χ4n) is 2.04. The number of benzene rings is 1. The lowest BCUT2D eigenvalue weighted by Gasteiger charge is -2.01. The largest absolute Gasteiger partial charge is 0.289 e. The molecule has 1 amide bonds. The highest BCUT2D eigenvalue weighted by Gasteiger charge is 2.23. The maximum atomic E-state index is 11.9. The Hall–Kier alpha value is -2.84. The van der Waals surface area contributed by atoms with Crippen LogP contribution in [0.4, 0.5) is 11.4 Å². The maximum Gasteiger partial charge on any atom is 0.289 e. The molecule has 0 bridgehead atoms. The fraction of sp³-hybridized carbons (Fsp3) is 0.467. The first-order chi connectivity index (χ1) is 11.5. The van der Waals surface area contributed by atoms with Gasteiger partial charge < -0.3 is 0 Å². The quantitative estimate of drug-likeness (QED) is 0.302. The summed E-state index contributed by atoms with van der Waals surface area (Å²) in [7, 11) is 0. The lowest BCUT2D eigenvalue weighted by atomic mass is 10.1. The number of nitro groups is 2. The summed E-state index contributed by atoms with van der Waals surface area (Å²) in [6.45, 7) is 2.13. The zero-order valence-corrected chi connectivity index (χ0v) is 13.4. The predicted octanol–water partition coefficient (Wildman–Crippen LogP) is 3.58. The summed E-state index contributed by atoms with van der Waals surface area (Å²) in [5.41, 5.74) is 0.850. The van der Waals surface area contributed by atoms with E-state index in [9.17, 15) is 25.0 Å². The van der Waals surface area contributed by atoms with Crippen LogP contribution in [-0.2, 0) is 0 Å². The summed E-state index contributed by atoms with van der Waals surface area (Å²) in [6.07, 6.45) is 7.80. The summed E-state index contributed by atoms with van der Waals surface area (Å²) in [5, 5.41) is 25.4. The molecule has 24 heavy (non-hydrogen) atoms. The van der Waals surface area contributed by atoms with E-state index in [0.717, 1.165) is 43.9 Å². The molecule has 0 unspecified atom stereocenters. The first-order valence-electron chi connectivity index (χ1n) is 7.72. The fourth-order valence-corrected chi connectivity index (χ4v) is 2.04. The molecule has 0 fully saturated rings. The van der Waals surface area contributed by atoms with Crippen molar-refractivity contribution in [1.29, 1.82) is 0 Å². The number of nitro benzene ring substituents is 2. The first-order valence-corrected chi connectivity index (χ1v) is 7.72. The Kier molecular flexibility index (Phi) is 8.03. The number of hydrogen-bond donors (Lipinski definition) is 1. The minimum atomic E-state index is -0.834. The molecule has 1 N–H and O–H groups in total. The third-order valence-electron chi connectivity index (χ3n) is 3.33. The number of carbonyl (C=O) groups excluding carboxylic acids is 1. The second-order valence-corrected chi connectivity index (χ2v) is 5.17. The second-order valence-electron chi connectivity index (χ2n) is 5.17. The van der Waals surface area contributed by atoms with E-state index in [1.807, 2.05) is 0 Å². The Morgan fingerprint density at radius 1 is 1.17 bits per heavy atom. The highest BCUT2D eigenvalue weighted by atomic mass is 16.6. The lowest BCUT2D eigenvalue weighted by Crippen LogP contribution is -2.19. The topological polar surface area (TPSA) is 128 Å². The Morgan fingerprint density at radius 2 is 1.88 bits per heavy atom. The number of amides is 1. The van der Waals surface area contributed by atoms with E-state index >= 15 is 0 Å². The molecule has 1 aromatic rings. The SMILES string of the molecule is CCCCCCC/C=N\NC(=O)c1ccc([N+](=O)[O-])cc1[N+](=O)[O-]. The van der Waals surface area contributed by atoms with E-state index in [1.54, 1.807) is 6.21 Å². The molecule has 0 saturated heterocycles. The van der Waals surface area contributed by atoms with E-state index < -0.39 is 27.1 Å². The van der Waals surface area contributed by atoms with Crippen molar-refractivity contribution in [2.24, 2.45) is 5.10 Å². The summed E-state index contributed by atoms with van der Waals surface area (Å²) in [4.78, 5) is 32.0. The van der Waals surface area contributed by atoms with Gasteiger partial charge >= 0.3 is 0 Å². The molecule has 0 saturated carbocycles. The highest BCUT2D eigenvalue weighted by Crippen LogP contribution is 2.24. The van der Waals surface area contributed by atoms with Gasteiger partial charge in [0.25, 0.3) is 17.3 Å². The molecule has 0 aliphatic carbocycles. The van der Waals surface area contributed by atoms with Crippen LogP contribution in [0.5, 0.6) is 0 Å². The number of carbonyl (C=O) groups is 1. The van der Waals surface area contributed by atoms with Crippen molar-refractivity contribution in [3.05, 3.63) is 44.0 Å². The normalized spacial score (nSPS) is 10.7. The first kappa shape index (κ1) is 19.2. The third-order valence-corrected chi connectivity index (χ3v) is 3.33. The van der Waals surface area contributed by atoms with Gasteiger partial charge in [0.05, 0.1) is 15.9 Å². The van der Waals surface area contributed by atoms with Crippen LogP contribution in [0, 0.1) is 20.2 Å². The molecule has 9 heteroatoms. The number of nitrogens with zero attached hydrogens (tertiary/aromatic N) is 3. The summed E-state index contributed by atoms with van der Waals surface area (Å²) >= 11 is 0. The zero-order chi connectivity index (χ0) is 17.9. The van der Waals surface area contributed by atoms with E-state index in [2.05, 4.69) is 17.5 Å². The van der Waals surface area contributed by atoms with E-state index in [-0.39, 0.29) is 5.56 Å². The van der Waals surface area contributed by atoms with Crippen molar-refractivity contribution in [3.8, 4) is 0 Å². The van der Waals surface area contributed by atoms with Crippen molar-refractivity contribution in [1.82, 2.24) is 5.43 Å². The highest BCUT2D eigenvalue weighted by molar-refractivity contribution is 5.98. The van der Waals surface area contributed by atoms with Gasteiger partial charge in [0, 0.05) is 12.3 Å². The Balaban J connectivity index is 2.61. The van der Waals surface area contributed by atoms with Gasteiger partial charge in [-0.25, -0.2) is 5.43 Å². The van der Waals surface area contributed by atoms with E-state index in [1.165, 1.54) is 6.42 Å². The van der Waals surface area contributed by atoms with E-state index in [4.69, 9.17) is 0 Å². The van der Waals surface area contributed by atoms with Gasteiger partial charge in [0.1, 0.15) is 5.56 Å². The van der Waals surface area contributed by atoms with Crippen LogP contribution in [0.1, 0.15) is 55.8 Å². The van der Waals surface area contributed by atoms with Gasteiger partial charge in [-0.1, -0.05) is 32.6 Å². The smallest absolute Gasteiger partial charge is 0.267 e. The van der Waals surface area contributed by atoms with Crippen LogP contribution >= 0.6 is 0 Å². The number of nitrogens with one attached hydrogen (secondary N) is 1. The summed E-state index contributed by atoms with van der Waals surface area (Å²) in [5.74, 6) is -0.779. The summed E-state index contributed by atoms with van der Waals surface area (Å²) < 4.78 is 0. The molecule has 1 rings (SSSR count). The second kappa shape index (κ2) is 10.0. The van der Waals surface area contributed by atoms with Gasteiger partial charge in [0.15, 0.2) is 0 Å². The van der Waals surface area contributed by atoms with Crippen LogP contribution in [0.15, 0.2) is 23.3 Å². The molecule has 0 aliphatic rings. The third kappa shape index (κ3) is 6.11. The van der Waals surface area contributed by atoms with Crippen LogP contribution in [0.25, 0.3) is 0 Å². The number of hydrogen-bond acceptors (Lipinski definition) is 6. The minimum Gasteiger partial charge on any atom is -0.267 e. The predicted molar refractivity (Wildman–Crippen MR) is 89.1 cm³/mol. The standard InChI is InChI=1S/C15H20N4O5/c1-2-3-4-5-6-7-10-16-17-15(20)13-9-8-12(18(21)22)11-14(13)19(23)24/h8-11H,2-7H2,1H3,(H,17,20)/b16-10-. The van der Waals surface area contributed by atoms with Gasteiger partial charge in [-0.15, -0.1) is 0 Å². The summed E-state index contributed by atoms with van der Waals surface area (Å²) in [6, 6.07) is 2.84. The monoisotopic (exact) mass is 336 g/mol. The molecule has 0 atom stereocenters. The van der Waals surface area contributed by atoms with Crippen molar-refractivity contribution in [3.63, 3.8) is 0 Å². The number of rotatable bonds is 10. The van der Waals surface area contributed by atoms with E-state index in [0.29, 0.717) is 6.42 Å². The van der Waals surface area contributed by atoms with Crippen molar-refractivity contribution < 1.29 is 14.6 Å². The molecule has 9 nitrogen and oxygen atoms in total. The average Bonchev–Trinajstić information content (AvgIpc) is 2.56. The van der Waals surface area contributed by atoms with Crippen LogP contribution in [0.3, 0.4) is 0 Å². The van der Waals surface area contributed by atoms with Gasteiger partial charge in [-0.2, -0.15) is 5.10 Å². The molecule has 0 radical (unpaired) electrons. The molecule has 0 aliphatic heterocycles. The number of hydrazone groups is 1.